The molecule has 5 heterocycles. The molecule has 0 aliphatic carbocycles. The van der Waals surface area contributed by atoms with Crippen molar-refractivity contribution in [2.45, 2.75) is 30.6 Å². The Morgan fingerprint density at radius 2 is 2.03 bits per heavy atom. The van der Waals surface area contributed by atoms with Crippen molar-refractivity contribution in [3.8, 4) is 11.5 Å². The normalized spacial score (nSPS) is 19.3. The van der Waals surface area contributed by atoms with E-state index >= 15 is 0 Å². The number of hydrogen-bond acceptors (Lipinski definition) is 10. The van der Waals surface area contributed by atoms with Gasteiger partial charge in [-0.05, 0) is 37.3 Å². The van der Waals surface area contributed by atoms with Crippen molar-refractivity contribution < 1.29 is 18.7 Å². The molecule has 0 N–H and O–H groups in total. The average Bonchev–Trinajstić information content (AvgIpc) is 3.55. The van der Waals surface area contributed by atoms with Gasteiger partial charge in [0.2, 0.25) is 11.8 Å². The van der Waals surface area contributed by atoms with Crippen LogP contribution in [0.4, 0.5) is 11.5 Å². The molecule has 0 spiro atoms. The fraction of sp³-hybridized carbons (Fsp3) is 0.440. The Morgan fingerprint density at radius 3 is 2.84 bits per heavy atom. The molecule has 2 saturated heterocycles. The van der Waals surface area contributed by atoms with Gasteiger partial charge in [-0.25, -0.2) is 14.8 Å². The van der Waals surface area contributed by atoms with Gasteiger partial charge in [-0.15, -0.1) is 5.10 Å². The highest BCUT2D eigenvalue weighted by Crippen LogP contribution is 2.35. The number of nitrogens with zero attached hydrogens (tertiary/aromatic N) is 7. The van der Waals surface area contributed by atoms with Gasteiger partial charge < -0.3 is 23.9 Å². The first-order chi connectivity index (χ1) is 18.5. The van der Waals surface area contributed by atoms with Crippen LogP contribution >= 0.6 is 11.8 Å². The summed E-state index contributed by atoms with van der Waals surface area (Å²) in [5.41, 5.74) is 1.66. The van der Waals surface area contributed by atoms with E-state index in [2.05, 4.69) is 20.0 Å². The molecule has 3 aromatic rings. The van der Waals surface area contributed by atoms with E-state index in [1.165, 1.54) is 11.8 Å². The molecule has 1 unspecified atom stereocenters. The molecule has 12 nitrogen and oxygen atoms in total. The lowest BCUT2D eigenvalue weighted by Crippen LogP contribution is -2.43. The van der Waals surface area contributed by atoms with Crippen LogP contribution in [0.25, 0.3) is 11.5 Å². The van der Waals surface area contributed by atoms with Crippen LogP contribution in [0.5, 0.6) is 0 Å². The maximum absolute atomic E-state index is 13.7. The van der Waals surface area contributed by atoms with Gasteiger partial charge in [0.15, 0.2) is 5.16 Å². The highest BCUT2D eigenvalue weighted by molar-refractivity contribution is 7.98. The van der Waals surface area contributed by atoms with Crippen molar-refractivity contribution in [3.63, 3.8) is 0 Å². The van der Waals surface area contributed by atoms with E-state index in [9.17, 15) is 14.4 Å². The summed E-state index contributed by atoms with van der Waals surface area (Å²) in [5.74, 6) is -0.335. The highest BCUT2D eigenvalue weighted by Gasteiger charge is 2.37. The van der Waals surface area contributed by atoms with Gasteiger partial charge in [-0.1, -0.05) is 17.8 Å². The molecule has 13 heteroatoms. The van der Waals surface area contributed by atoms with Crippen LogP contribution in [0.3, 0.4) is 0 Å². The van der Waals surface area contributed by atoms with Gasteiger partial charge in [-0.3, -0.25) is 9.59 Å². The van der Waals surface area contributed by atoms with Gasteiger partial charge in [0.25, 0.3) is 5.91 Å². The number of thioether (sulfide) groups is 1. The number of carbonyl (C=O) groups excluding carboxylic acids is 2. The minimum atomic E-state index is -0.713. The summed E-state index contributed by atoms with van der Waals surface area (Å²) in [6.07, 6.45) is 5.51. The molecule has 0 bridgehead atoms. The standard InChI is InChI=1S/C25H27N7O5S/c1-38-24-26-13-19-21(27-24)30-7-3-6-18(30)14-31(23(19)34)17-5-2-4-16(12-17)22-28-32(25(35)37-22)15-20(33)29-8-10-36-11-9-29/h2,4-5,12-13,18H,3,6-11,14-15H2,1H3. The maximum Gasteiger partial charge on any atom is 0.437 e. The topological polar surface area (TPSA) is 127 Å². The molecule has 6 rings (SSSR count). The summed E-state index contributed by atoms with van der Waals surface area (Å²) >= 11 is 1.45. The zero-order chi connectivity index (χ0) is 26.2. The molecule has 2 fully saturated rings. The molecule has 1 atom stereocenters. The van der Waals surface area contributed by atoms with Crippen molar-refractivity contribution in [2.24, 2.45) is 0 Å². The predicted octanol–water partition coefficient (Wildman–Crippen LogP) is 1.50. The largest absolute Gasteiger partial charge is 0.437 e. The second-order valence-electron chi connectivity index (χ2n) is 9.37. The minimum absolute atomic E-state index is 0.0877. The van der Waals surface area contributed by atoms with Crippen molar-refractivity contribution >= 4 is 35.1 Å². The van der Waals surface area contributed by atoms with E-state index in [-0.39, 0.29) is 30.3 Å². The SMILES string of the molecule is CSc1ncc2c(n1)N1CCCC1CN(c1cccc(-c3nn(CC(=O)N4CCOCC4)c(=O)o3)c1)C2=O. The van der Waals surface area contributed by atoms with Crippen LogP contribution in [0.15, 0.2) is 44.8 Å². The van der Waals surface area contributed by atoms with Crippen molar-refractivity contribution in [3.05, 3.63) is 46.6 Å². The Morgan fingerprint density at radius 1 is 1.18 bits per heavy atom. The molecule has 1 aromatic carbocycles. The number of fused-ring (bicyclic) bond motifs is 3. The summed E-state index contributed by atoms with van der Waals surface area (Å²) in [6.45, 7) is 3.04. The number of rotatable bonds is 5. The minimum Gasteiger partial charge on any atom is -0.388 e. The Bertz CT molecular complexity index is 1430. The Kier molecular flexibility index (Phi) is 6.62. The molecule has 2 amide bonds. The van der Waals surface area contributed by atoms with Crippen LogP contribution < -0.4 is 15.6 Å². The predicted molar refractivity (Wildman–Crippen MR) is 139 cm³/mol. The van der Waals surface area contributed by atoms with Crippen LogP contribution in [-0.4, -0.2) is 88.2 Å². The van der Waals surface area contributed by atoms with E-state index in [0.29, 0.717) is 60.6 Å². The molecule has 2 aromatic heterocycles. The number of ether oxygens (including phenoxy) is 1. The van der Waals surface area contributed by atoms with E-state index in [1.807, 2.05) is 12.3 Å². The van der Waals surface area contributed by atoms with E-state index in [4.69, 9.17) is 9.15 Å². The Hall–Kier alpha value is -3.71. The number of anilines is 2. The molecular weight excluding hydrogens is 510 g/mol. The molecule has 3 aliphatic heterocycles. The molecule has 38 heavy (non-hydrogen) atoms. The fourth-order valence-electron chi connectivity index (χ4n) is 5.16. The fourth-order valence-corrected chi connectivity index (χ4v) is 5.50. The smallest absolute Gasteiger partial charge is 0.388 e. The third kappa shape index (κ3) is 4.56. The van der Waals surface area contributed by atoms with Crippen LogP contribution in [0.2, 0.25) is 0 Å². The second-order valence-corrected chi connectivity index (χ2v) is 10.1. The highest BCUT2D eigenvalue weighted by atomic mass is 32.2. The molecule has 0 saturated carbocycles. The Labute approximate surface area is 222 Å². The molecule has 0 radical (unpaired) electrons. The molecule has 3 aliphatic rings. The average molecular weight is 538 g/mol. The number of aromatic nitrogens is 4. The van der Waals surface area contributed by atoms with E-state index in [0.717, 1.165) is 24.1 Å². The first-order valence-corrected chi connectivity index (χ1v) is 13.8. The first kappa shape index (κ1) is 24.6. The van der Waals surface area contributed by atoms with Gasteiger partial charge in [0, 0.05) is 49.7 Å². The zero-order valence-electron chi connectivity index (χ0n) is 20.9. The molecule has 198 valence electrons. The van der Waals surface area contributed by atoms with Crippen molar-refractivity contribution in [2.75, 3.05) is 55.4 Å². The number of hydrogen-bond donors (Lipinski definition) is 0. The lowest BCUT2D eigenvalue weighted by molar-refractivity contribution is -0.136. The monoisotopic (exact) mass is 537 g/mol. The first-order valence-electron chi connectivity index (χ1n) is 12.6. The van der Waals surface area contributed by atoms with Gasteiger partial charge in [-0.2, -0.15) is 4.68 Å². The third-order valence-electron chi connectivity index (χ3n) is 7.11. The third-order valence-corrected chi connectivity index (χ3v) is 7.67. The number of morpholine rings is 1. The summed E-state index contributed by atoms with van der Waals surface area (Å²) in [7, 11) is 0. The summed E-state index contributed by atoms with van der Waals surface area (Å²) in [5, 5.41) is 4.91. The Balaban J connectivity index is 1.29. The van der Waals surface area contributed by atoms with Crippen molar-refractivity contribution in [1.29, 1.82) is 0 Å². The summed E-state index contributed by atoms with van der Waals surface area (Å²) in [6, 6.07) is 7.31. The van der Waals surface area contributed by atoms with E-state index < -0.39 is 5.76 Å². The van der Waals surface area contributed by atoms with Gasteiger partial charge in [0.05, 0.1) is 13.2 Å². The van der Waals surface area contributed by atoms with Gasteiger partial charge in [0.1, 0.15) is 17.9 Å². The second kappa shape index (κ2) is 10.2. The molecular formula is C25H27N7O5S. The van der Waals surface area contributed by atoms with E-state index in [1.54, 1.807) is 34.2 Å². The lowest BCUT2D eigenvalue weighted by Gasteiger charge is -2.27. The van der Waals surface area contributed by atoms with Crippen LogP contribution in [0, 0.1) is 0 Å². The van der Waals surface area contributed by atoms with Crippen molar-refractivity contribution in [1.82, 2.24) is 24.6 Å². The summed E-state index contributed by atoms with van der Waals surface area (Å²) in [4.78, 5) is 53.4. The quantitative estimate of drug-likeness (QED) is 0.349. The van der Waals surface area contributed by atoms with Crippen LogP contribution in [0.1, 0.15) is 23.2 Å². The number of amides is 2. The lowest BCUT2D eigenvalue weighted by atomic mass is 10.1. The maximum atomic E-state index is 13.7. The van der Waals surface area contributed by atoms with Gasteiger partial charge >= 0.3 is 5.76 Å². The van der Waals surface area contributed by atoms with Crippen LogP contribution in [-0.2, 0) is 16.1 Å². The number of benzene rings is 1. The summed E-state index contributed by atoms with van der Waals surface area (Å²) < 4.78 is 11.7. The zero-order valence-corrected chi connectivity index (χ0v) is 21.7. The number of carbonyl (C=O) groups is 2.